The van der Waals surface area contributed by atoms with Crippen LogP contribution in [0.15, 0.2) is 77.1 Å². The maximum atomic E-state index is 9.74. The highest BCUT2D eigenvalue weighted by Gasteiger charge is 1.98. The van der Waals surface area contributed by atoms with Gasteiger partial charge in [-0.1, -0.05) is 48.5 Å². The van der Waals surface area contributed by atoms with E-state index in [0.29, 0.717) is 5.52 Å². The van der Waals surface area contributed by atoms with E-state index in [4.69, 9.17) is 0 Å². The van der Waals surface area contributed by atoms with Crippen LogP contribution in [0.4, 0.5) is 0 Å². The quantitative estimate of drug-likeness (QED) is 0.431. The Morgan fingerprint density at radius 2 is 1.65 bits per heavy atom. The average molecular weight is 263 g/mol. The van der Waals surface area contributed by atoms with E-state index < -0.39 is 0 Å². The van der Waals surface area contributed by atoms with E-state index in [2.05, 4.69) is 10.2 Å². The number of para-hydroxylation sites is 1. The third-order valence-electron chi connectivity index (χ3n) is 2.97. The van der Waals surface area contributed by atoms with Crippen LogP contribution in [0.3, 0.4) is 0 Å². The molecule has 1 N–H and O–H groups in total. The number of aromatic nitrogens is 1. The Bertz CT molecular complexity index is 820. The molecular weight excluding hydrogens is 250 g/mol. The highest BCUT2D eigenvalue weighted by Crippen LogP contribution is 2.07. The van der Waals surface area contributed by atoms with Crippen molar-refractivity contribution in [2.24, 2.45) is 10.2 Å². The fourth-order valence-corrected chi connectivity index (χ4v) is 1.99. The summed E-state index contributed by atoms with van der Waals surface area (Å²) in [7, 11) is 0. The van der Waals surface area contributed by atoms with Crippen molar-refractivity contribution in [3.05, 3.63) is 77.8 Å². The van der Waals surface area contributed by atoms with Crippen LogP contribution >= 0.6 is 0 Å². The first-order valence-corrected chi connectivity index (χ1v) is 6.26. The van der Waals surface area contributed by atoms with Gasteiger partial charge in [-0.2, -0.15) is 14.9 Å². The third-order valence-corrected chi connectivity index (χ3v) is 2.97. The van der Waals surface area contributed by atoms with Crippen LogP contribution in [-0.4, -0.2) is 16.2 Å². The van der Waals surface area contributed by atoms with Crippen LogP contribution < -0.4 is 5.36 Å². The molecule has 0 amide bonds. The van der Waals surface area contributed by atoms with Gasteiger partial charge in [-0.3, -0.25) is 0 Å². The lowest BCUT2D eigenvalue weighted by Crippen LogP contribution is -2.07. The normalized spacial score (nSPS) is 12.3. The van der Waals surface area contributed by atoms with E-state index in [1.807, 2.05) is 54.6 Å². The number of benzene rings is 2. The Labute approximate surface area is 115 Å². The molecular formula is C16H13N3O. The first-order valence-electron chi connectivity index (χ1n) is 6.26. The summed E-state index contributed by atoms with van der Waals surface area (Å²) >= 11 is 0. The number of fused-ring (bicyclic) bond motifs is 1. The monoisotopic (exact) mass is 263 g/mol. The topological polar surface area (TPSA) is 49.9 Å². The van der Waals surface area contributed by atoms with Crippen LogP contribution in [0.25, 0.3) is 10.9 Å². The summed E-state index contributed by atoms with van der Waals surface area (Å²) in [4.78, 5) is 0. The minimum absolute atomic E-state index is 0.698. The minimum Gasteiger partial charge on any atom is -0.428 e. The van der Waals surface area contributed by atoms with Gasteiger partial charge in [0.1, 0.15) is 0 Å². The number of rotatable bonds is 2. The lowest BCUT2D eigenvalue weighted by atomic mass is 10.2. The molecule has 98 valence electrons. The third kappa shape index (κ3) is 2.44. The Morgan fingerprint density at radius 3 is 2.50 bits per heavy atom. The van der Waals surface area contributed by atoms with E-state index in [1.165, 1.54) is 0 Å². The van der Waals surface area contributed by atoms with Gasteiger partial charge < -0.3 is 5.21 Å². The van der Waals surface area contributed by atoms with E-state index >= 15 is 0 Å². The Balaban J connectivity index is 2.05. The molecule has 0 unspecified atom stereocenters. The van der Waals surface area contributed by atoms with Gasteiger partial charge in [-0.05, 0) is 17.7 Å². The molecule has 0 fully saturated rings. The zero-order chi connectivity index (χ0) is 13.8. The second-order valence-corrected chi connectivity index (χ2v) is 4.32. The zero-order valence-corrected chi connectivity index (χ0v) is 10.7. The fourth-order valence-electron chi connectivity index (χ4n) is 1.99. The lowest BCUT2D eigenvalue weighted by molar-refractivity contribution is 0.198. The predicted molar refractivity (Wildman–Crippen MR) is 78.7 cm³/mol. The molecule has 0 saturated heterocycles. The Hall–Kier alpha value is -2.88. The number of hydrogen-bond donors (Lipinski definition) is 1. The molecule has 1 aromatic heterocycles. The fraction of sp³-hybridized carbons (Fsp3) is 0. The maximum absolute atomic E-state index is 9.74. The first kappa shape index (κ1) is 12.2. The van der Waals surface area contributed by atoms with Crippen molar-refractivity contribution in [1.29, 1.82) is 0 Å². The Morgan fingerprint density at radius 1 is 0.900 bits per heavy atom. The molecule has 4 nitrogen and oxygen atoms in total. The molecule has 0 aliphatic rings. The van der Waals surface area contributed by atoms with Gasteiger partial charge in [0, 0.05) is 11.6 Å². The molecule has 0 radical (unpaired) electrons. The van der Waals surface area contributed by atoms with Gasteiger partial charge in [-0.15, -0.1) is 0 Å². The molecule has 20 heavy (non-hydrogen) atoms. The van der Waals surface area contributed by atoms with Gasteiger partial charge in [0.2, 0.25) is 0 Å². The minimum atomic E-state index is 0.698. The summed E-state index contributed by atoms with van der Waals surface area (Å²) in [6, 6.07) is 19.0. The van der Waals surface area contributed by atoms with Gasteiger partial charge >= 0.3 is 0 Å². The first-order chi connectivity index (χ1) is 9.84. The summed E-state index contributed by atoms with van der Waals surface area (Å²) in [5.41, 5.74) is 1.69. The van der Waals surface area contributed by atoms with E-state index in [1.54, 1.807) is 18.5 Å². The predicted octanol–water partition coefficient (Wildman–Crippen LogP) is 2.81. The van der Waals surface area contributed by atoms with Gasteiger partial charge in [0.25, 0.3) is 0 Å². The van der Waals surface area contributed by atoms with Crippen LogP contribution in [0.1, 0.15) is 5.56 Å². The van der Waals surface area contributed by atoms with Crippen molar-refractivity contribution in [2.75, 3.05) is 0 Å². The summed E-state index contributed by atoms with van der Waals surface area (Å²) in [6.45, 7) is 0. The summed E-state index contributed by atoms with van der Waals surface area (Å²) in [5, 5.41) is 19.6. The van der Waals surface area contributed by atoms with Gasteiger partial charge in [-0.25, -0.2) is 0 Å². The molecule has 0 aliphatic heterocycles. The molecule has 3 aromatic rings. The summed E-state index contributed by atoms with van der Waals surface area (Å²) in [6.07, 6.45) is 3.26. The maximum Gasteiger partial charge on any atom is 0.0967 e. The molecule has 0 saturated carbocycles. The smallest absolute Gasteiger partial charge is 0.0967 e. The lowest BCUT2D eigenvalue weighted by Gasteiger charge is -2.02. The molecule has 4 heteroatoms. The number of pyridine rings is 1. The van der Waals surface area contributed by atoms with E-state index in [0.717, 1.165) is 21.0 Å². The van der Waals surface area contributed by atoms with E-state index in [-0.39, 0.29) is 0 Å². The van der Waals surface area contributed by atoms with Crippen molar-refractivity contribution >= 4 is 17.1 Å². The number of hydrogen-bond acceptors (Lipinski definition) is 3. The molecule has 0 bridgehead atoms. The molecule has 2 aromatic carbocycles. The molecule has 3 rings (SSSR count). The second kappa shape index (κ2) is 5.40. The Kier molecular flexibility index (Phi) is 3.29. The van der Waals surface area contributed by atoms with Crippen molar-refractivity contribution < 1.29 is 5.21 Å². The van der Waals surface area contributed by atoms with Crippen LogP contribution in [0.5, 0.6) is 0 Å². The largest absolute Gasteiger partial charge is 0.428 e. The van der Waals surface area contributed by atoms with Crippen molar-refractivity contribution in [3.8, 4) is 0 Å². The molecule has 0 atom stereocenters. The van der Waals surface area contributed by atoms with Crippen molar-refractivity contribution in [1.82, 2.24) is 4.73 Å². The molecule has 0 spiro atoms. The highest BCUT2D eigenvalue weighted by atomic mass is 16.5. The van der Waals surface area contributed by atoms with E-state index in [9.17, 15) is 5.21 Å². The van der Waals surface area contributed by atoms with Crippen LogP contribution in [-0.2, 0) is 0 Å². The molecule has 1 heterocycles. The highest BCUT2D eigenvalue weighted by molar-refractivity contribution is 5.80. The second-order valence-electron chi connectivity index (χ2n) is 4.32. The van der Waals surface area contributed by atoms with Crippen LogP contribution in [0, 0.1) is 0 Å². The van der Waals surface area contributed by atoms with Crippen molar-refractivity contribution in [3.63, 3.8) is 0 Å². The standard InChI is InChI=1S/C16H13N3O/c20-19-11-10-15(14-8-4-5-9-16(14)19)18-17-12-13-6-2-1-3-7-13/h1-12,20H/b17-12?,18-15+. The molecule has 0 aliphatic carbocycles. The summed E-state index contributed by atoms with van der Waals surface area (Å²) < 4.78 is 1.08. The van der Waals surface area contributed by atoms with Gasteiger partial charge in [0.05, 0.1) is 17.1 Å². The zero-order valence-electron chi connectivity index (χ0n) is 10.7. The van der Waals surface area contributed by atoms with Gasteiger partial charge in [0.15, 0.2) is 0 Å². The van der Waals surface area contributed by atoms with Crippen LogP contribution in [0.2, 0.25) is 0 Å². The SMILES string of the molecule is On1cc/c(=N\N=Cc2ccccc2)c2ccccc21. The van der Waals surface area contributed by atoms with Crippen molar-refractivity contribution in [2.45, 2.75) is 0 Å². The number of nitrogens with zero attached hydrogens (tertiary/aromatic N) is 3. The summed E-state index contributed by atoms with van der Waals surface area (Å²) in [5.74, 6) is 0. The average Bonchev–Trinajstić information content (AvgIpc) is 2.51.